The van der Waals surface area contributed by atoms with Crippen molar-refractivity contribution in [2.45, 2.75) is 6.61 Å². The molecule has 0 atom stereocenters. The first kappa shape index (κ1) is 14.1. The number of benzene rings is 2. The fraction of sp³-hybridized carbons (Fsp3) is 0.0714. The van der Waals surface area contributed by atoms with Crippen LogP contribution in [0.2, 0.25) is 10.0 Å². The standard InChI is InChI=1S/C14H11Cl2NOS/c15-12-4-2-1-3-9(12)8-18-10-5-6-11(14(17)19)13(16)7-10/h1-7H,8H2,(H2,17,19). The van der Waals surface area contributed by atoms with Gasteiger partial charge in [0.15, 0.2) is 0 Å². The highest BCUT2D eigenvalue weighted by Crippen LogP contribution is 2.24. The zero-order chi connectivity index (χ0) is 13.8. The van der Waals surface area contributed by atoms with Crippen molar-refractivity contribution >= 4 is 40.4 Å². The van der Waals surface area contributed by atoms with E-state index in [0.29, 0.717) is 28.0 Å². The molecule has 2 aromatic carbocycles. The number of hydrogen-bond acceptors (Lipinski definition) is 2. The van der Waals surface area contributed by atoms with Crippen molar-refractivity contribution in [1.82, 2.24) is 0 Å². The van der Waals surface area contributed by atoms with Crippen molar-refractivity contribution in [2.24, 2.45) is 5.73 Å². The molecule has 0 spiro atoms. The van der Waals surface area contributed by atoms with Gasteiger partial charge in [-0.15, -0.1) is 0 Å². The summed E-state index contributed by atoms with van der Waals surface area (Å²) < 4.78 is 5.64. The van der Waals surface area contributed by atoms with E-state index in [1.54, 1.807) is 18.2 Å². The molecule has 19 heavy (non-hydrogen) atoms. The normalized spacial score (nSPS) is 10.2. The number of nitrogens with two attached hydrogens (primary N) is 1. The van der Waals surface area contributed by atoms with Crippen LogP contribution in [0.15, 0.2) is 42.5 Å². The van der Waals surface area contributed by atoms with Gasteiger partial charge in [0.1, 0.15) is 17.3 Å². The van der Waals surface area contributed by atoms with E-state index < -0.39 is 0 Å². The van der Waals surface area contributed by atoms with Crippen LogP contribution in [0.3, 0.4) is 0 Å². The van der Waals surface area contributed by atoms with E-state index in [4.69, 9.17) is 45.9 Å². The molecule has 5 heteroatoms. The lowest BCUT2D eigenvalue weighted by molar-refractivity contribution is 0.306. The highest BCUT2D eigenvalue weighted by atomic mass is 35.5. The molecule has 0 aliphatic heterocycles. The second-order valence-corrected chi connectivity index (χ2v) is 5.14. The fourth-order valence-electron chi connectivity index (χ4n) is 1.56. The van der Waals surface area contributed by atoms with Gasteiger partial charge in [0.05, 0.1) is 5.02 Å². The molecule has 0 saturated heterocycles. The lowest BCUT2D eigenvalue weighted by Crippen LogP contribution is -2.09. The van der Waals surface area contributed by atoms with Crippen LogP contribution in [0.25, 0.3) is 0 Å². The quantitative estimate of drug-likeness (QED) is 0.859. The Morgan fingerprint density at radius 1 is 1.11 bits per heavy atom. The van der Waals surface area contributed by atoms with Crippen LogP contribution in [-0.4, -0.2) is 4.99 Å². The zero-order valence-corrected chi connectivity index (χ0v) is 12.2. The lowest BCUT2D eigenvalue weighted by Gasteiger charge is -2.09. The summed E-state index contributed by atoms with van der Waals surface area (Å²) in [7, 11) is 0. The van der Waals surface area contributed by atoms with E-state index in [0.717, 1.165) is 5.56 Å². The maximum atomic E-state index is 6.06. The summed E-state index contributed by atoms with van der Waals surface area (Å²) >= 11 is 17.0. The van der Waals surface area contributed by atoms with Gasteiger partial charge in [-0.1, -0.05) is 53.6 Å². The summed E-state index contributed by atoms with van der Waals surface area (Å²) in [5.41, 5.74) is 7.09. The summed E-state index contributed by atoms with van der Waals surface area (Å²) in [5, 5.41) is 1.15. The summed E-state index contributed by atoms with van der Waals surface area (Å²) in [4.78, 5) is 0.266. The van der Waals surface area contributed by atoms with Crippen molar-refractivity contribution < 1.29 is 4.74 Å². The summed E-state index contributed by atoms with van der Waals surface area (Å²) in [5.74, 6) is 0.643. The predicted molar refractivity (Wildman–Crippen MR) is 83.1 cm³/mol. The summed E-state index contributed by atoms with van der Waals surface area (Å²) in [6.07, 6.45) is 0. The monoisotopic (exact) mass is 311 g/mol. The van der Waals surface area contributed by atoms with Gasteiger partial charge >= 0.3 is 0 Å². The average molecular weight is 312 g/mol. The minimum Gasteiger partial charge on any atom is -0.489 e. The molecule has 98 valence electrons. The van der Waals surface area contributed by atoms with E-state index in [2.05, 4.69) is 0 Å². The third-order valence-corrected chi connectivity index (χ3v) is 3.46. The minimum atomic E-state index is 0.266. The van der Waals surface area contributed by atoms with E-state index >= 15 is 0 Å². The molecular formula is C14H11Cl2NOS. The molecule has 0 amide bonds. The summed E-state index contributed by atoms with van der Waals surface area (Å²) in [6, 6.07) is 12.7. The molecule has 0 aromatic heterocycles. The van der Waals surface area contributed by atoms with E-state index in [-0.39, 0.29) is 4.99 Å². The SMILES string of the molecule is NC(=S)c1ccc(OCc2ccccc2Cl)cc1Cl. The highest BCUT2D eigenvalue weighted by Gasteiger charge is 2.06. The molecule has 2 aromatic rings. The van der Waals surface area contributed by atoms with Gasteiger partial charge in [-0.2, -0.15) is 0 Å². The molecule has 0 radical (unpaired) electrons. The fourth-order valence-corrected chi connectivity index (χ4v) is 2.26. The van der Waals surface area contributed by atoms with Crippen LogP contribution in [-0.2, 0) is 6.61 Å². The summed E-state index contributed by atoms with van der Waals surface area (Å²) in [6.45, 7) is 0.377. The van der Waals surface area contributed by atoms with Crippen molar-refractivity contribution in [2.75, 3.05) is 0 Å². The maximum absolute atomic E-state index is 6.06. The Morgan fingerprint density at radius 2 is 1.84 bits per heavy atom. The van der Waals surface area contributed by atoms with Crippen molar-refractivity contribution in [1.29, 1.82) is 0 Å². The molecule has 0 heterocycles. The van der Waals surface area contributed by atoms with E-state index in [1.165, 1.54) is 0 Å². The zero-order valence-electron chi connectivity index (χ0n) is 9.90. The highest BCUT2D eigenvalue weighted by molar-refractivity contribution is 7.80. The first-order valence-corrected chi connectivity index (χ1v) is 6.70. The molecule has 2 nitrogen and oxygen atoms in total. The predicted octanol–water partition coefficient (Wildman–Crippen LogP) is 4.21. The molecule has 0 unspecified atom stereocenters. The van der Waals surface area contributed by atoms with Crippen molar-refractivity contribution in [3.05, 3.63) is 63.6 Å². The van der Waals surface area contributed by atoms with Crippen LogP contribution in [0.1, 0.15) is 11.1 Å². The first-order valence-electron chi connectivity index (χ1n) is 5.53. The lowest BCUT2D eigenvalue weighted by atomic mass is 10.2. The van der Waals surface area contributed by atoms with E-state index in [1.807, 2.05) is 24.3 Å². The largest absolute Gasteiger partial charge is 0.489 e. The second kappa shape index (κ2) is 6.24. The van der Waals surface area contributed by atoms with Gasteiger partial charge in [-0.05, 0) is 24.3 Å². The Balaban J connectivity index is 2.11. The van der Waals surface area contributed by atoms with Gasteiger partial charge in [0.2, 0.25) is 0 Å². The minimum absolute atomic E-state index is 0.266. The van der Waals surface area contributed by atoms with Crippen molar-refractivity contribution in [3.8, 4) is 5.75 Å². The molecule has 0 bridgehead atoms. The Bertz CT molecular complexity index is 616. The average Bonchev–Trinajstić information content (AvgIpc) is 2.37. The number of halogens is 2. The topological polar surface area (TPSA) is 35.2 Å². The van der Waals surface area contributed by atoms with Crippen LogP contribution in [0.4, 0.5) is 0 Å². The Morgan fingerprint density at radius 3 is 2.47 bits per heavy atom. The molecule has 0 aliphatic carbocycles. The van der Waals surface area contributed by atoms with Gasteiger partial charge in [0, 0.05) is 16.1 Å². The third-order valence-electron chi connectivity index (χ3n) is 2.56. The van der Waals surface area contributed by atoms with Crippen molar-refractivity contribution in [3.63, 3.8) is 0 Å². The molecule has 0 saturated carbocycles. The molecule has 0 fully saturated rings. The third kappa shape index (κ3) is 3.60. The molecular weight excluding hydrogens is 301 g/mol. The Hall–Kier alpha value is -1.29. The molecule has 2 N–H and O–H groups in total. The van der Waals surface area contributed by atoms with Gasteiger partial charge in [0.25, 0.3) is 0 Å². The van der Waals surface area contributed by atoms with Gasteiger partial charge in [-0.3, -0.25) is 0 Å². The number of ether oxygens (including phenoxy) is 1. The number of thiocarbonyl (C=S) groups is 1. The number of rotatable bonds is 4. The second-order valence-electron chi connectivity index (χ2n) is 3.89. The van der Waals surface area contributed by atoms with Gasteiger partial charge in [-0.25, -0.2) is 0 Å². The van der Waals surface area contributed by atoms with Crippen LogP contribution in [0.5, 0.6) is 5.75 Å². The van der Waals surface area contributed by atoms with E-state index in [9.17, 15) is 0 Å². The van der Waals surface area contributed by atoms with Crippen LogP contribution in [0, 0.1) is 0 Å². The molecule has 0 aliphatic rings. The molecule has 2 rings (SSSR count). The Labute approximate surface area is 127 Å². The first-order chi connectivity index (χ1) is 9.08. The Kier molecular flexibility index (Phi) is 4.64. The van der Waals surface area contributed by atoms with Crippen LogP contribution < -0.4 is 10.5 Å². The smallest absolute Gasteiger partial charge is 0.121 e. The van der Waals surface area contributed by atoms with Crippen LogP contribution >= 0.6 is 35.4 Å². The maximum Gasteiger partial charge on any atom is 0.121 e. The van der Waals surface area contributed by atoms with Gasteiger partial charge < -0.3 is 10.5 Å². The number of hydrogen-bond donors (Lipinski definition) is 1.